The van der Waals surface area contributed by atoms with E-state index in [9.17, 15) is 4.79 Å². The van der Waals surface area contributed by atoms with Crippen molar-refractivity contribution in [2.24, 2.45) is 0 Å². The van der Waals surface area contributed by atoms with Crippen molar-refractivity contribution >= 4 is 59.4 Å². The number of amides is 1. The Morgan fingerprint density at radius 1 is 1.40 bits per heavy atom. The van der Waals surface area contributed by atoms with Gasteiger partial charge in [0.1, 0.15) is 0 Å². The first-order chi connectivity index (χ1) is 9.45. The minimum atomic E-state index is 0.00261. The fourth-order valence-electron chi connectivity index (χ4n) is 2.20. The molecule has 1 atom stereocenters. The quantitative estimate of drug-likeness (QED) is 0.714. The van der Waals surface area contributed by atoms with Crippen molar-refractivity contribution in [1.82, 2.24) is 10.2 Å². The van der Waals surface area contributed by atoms with Crippen molar-refractivity contribution in [2.45, 2.75) is 13.0 Å². The topological polar surface area (TPSA) is 44.4 Å². The summed E-state index contributed by atoms with van der Waals surface area (Å²) in [5, 5.41) is 6.32. The number of hydrogen-bond acceptors (Lipinski definition) is 3. The van der Waals surface area contributed by atoms with E-state index in [0.717, 1.165) is 38.7 Å². The molecule has 1 aromatic carbocycles. The van der Waals surface area contributed by atoms with Crippen LogP contribution in [0, 0.1) is 0 Å². The van der Waals surface area contributed by atoms with Gasteiger partial charge in [-0.3, -0.25) is 9.69 Å². The minimum absolute atomic E-state index is 0.00261. The van der Waals surface area contributed by atoms with E-state index in [-0.39, 0.29) is 5.91 Å². The van der Waals surface area contributed by atoms with Crippen molar-refractivity contribution in [2.75, 3.05) is 31.5 Å². The second-order valence-electron chi connectivity index (χ2n) is 4.88. The van der Waals surface area contributed by atoms with Crippen molar-refractivity contribution in [3.63, 3.8) is 0 Å². The Bertz CT molecular complexity index is 487. The molecule has 0 aromatic heterocycles. The first-order valence-electron chi connectivity index (χ1n) is 6.36. The molecule has 1 fully saturated rings. The Hall–Kier alpha value is 0.0500. The average molecular weight is 470 g/mol. The number of nitrogens with zero attached hydrogens (tertiary/aromatic N) is 1. The highest BCUT2D eigenvalue weighted by molar-refractivity contribution is 9.11. The zero-order chi connectivity index (χ0) is 14.7. The number of carbonyl (C=O) groups excluding carboxylic acids is 1. The maximum atomic E-state index is 12.2. The van der Waals surface area contributed by atoms with E-state index in [2.05, 4.69) is 70.2 Å². The first-order valence-corrected chi connectivity index (χ1v) is 8.73. The summed E-state index contributed by atoms with van der Waals surface area (Å²) in [4.78, 5) is 14.3. The fraction of sp³-hybridized carbons (Fsp3) is 0.462. The molecule has 0 aliphatic carbocycles. The highest BCUT2D eigenvalue weighted by atomic mass is 79.9. The lowest BCUT2D eigenvalue weighted by atomic mass is 10.2. The summed E-state index contributed by atoms with van der Waals surface area (Å²) in [5.74, 6) is 0.00261. The molecule has 0 spiro atoms. The zero-order valence-electron chi connectivity index (χ0n) is 11.0. The molecule has 1 aliphatic heterocycles. The van der Waals surface area contributed by atoms with E-state index in [1.54, 1.807) is 0 Å². The Kier molecular flexibility index (Phi) is 6.04. The number of hydrogen-bond donors (Lipinski definition) is 2. The largest absolute Gasteiger partial charge is 0.323 e. The summed E-state index contributed by atoms with van der Waals surface area (Å²) in [6.45, 7) is 5.28. The summed E-state index contributed by atoms with van der Waals surface area (Å²) in [6.07, 6.45) is 0. The van der Waals surface area contributed by atoms with Crippen LogP contribution in [0.5, 0.6) is 0 Å². The second kappa shape index (κ2) is 7.35. The Labute approximate surface area is 144 Å². The van der Waals surface area contributed by atoms with Crippen LogP contribution in [0.2, 0.25) is 0 Å². The average Bonchev–Trinajstić information content (AvgIpc) is 2.33. The van der Waals surface area contributed by atoms with Crippen LogP contribution in [-0.4, -0.2) is 43.0 Å². The van der Waals surface area contributed by atoms with Crippen molar-refractivity contribution < 1.29 is 4.79 Å². The monoisotopic (exact) mass is 467 g/mol. The van der Waals surface area contributed by atoms with E-state index < -0.39 is 0 Å². The minimum Gasteiger partial charge on any atom is -0.323 e. The molecular weight excluding hydrogens is 454 g/mol. The molecule has 1 aromatic rings. The van der Waals surface area contributed by atoms with Crippen molar-refractivity contribution in [3.8, 4) is 0 Å². The molecule has 0 bridgehead atoms. The van der Waals surface area contributed by atoms with Crippen LogP contribution in [0.4, 0.5) is 5.69 Å². The smallest absolute Gasteiger partial charge is 0.238 e. The van der Waals surface area contributed by atoms with E-state index >= 15 is 0 Å². The summed E-state index contributed by atoms with van der Waals surface area (Å²) in [5.41, 5.74) is 0.765. The van der Waals surface area contributed by atoms with Gasteiger partial charge in [-0.1, -0.05) is 15.9 Å². The van der Waals surface area contributed by atoms with Crippen LogP contribution >= 0.6 is 47.8 Å². The summed E-state index contributed by atoms with van der Waals surface area (Å²) >= 11 is 10.3. The molecule has 4 nitrogen and oxygen atoms in total. The maximum absolute atomic E-state index is 12.2. The molecule has 0 saturated carbocycles. The van der Waals surface area contributed by atoms with Gasteiger partial charge in [0.05, 0.1) is 12.2 Å². The van der Waals surface area contributed by atoms with Gasteiger partial charge >= 0.3 is 0 Å². The lowest BCUT2D eigenvalue weighted by Gasteiger charge is -2.31. The van der Waals surface area contributed by atoms with Gasteiger partial charge < -0.3 is 10.6 Å². The molecular formula is C13H16Br3N3O. The lowest BCUT2D eigenvalue weighted by molar-refractivity contribution is -0.117. The molecule has 1 aliphatic rings. The summed E-state index contributed by atoms with van der Waals surface area (Å²) in [6, 6.07) is 4.25. The number of piperazine rings is 1. The lowest BCUT2D eigenvalue weighted by Crippen LogP contribution is -2.51. The third-order valence-corrected chi connectivity index (χ3v) is 4.80. The summed E-state index contributed by atoms with van der Waals surface area (Å²) < 4.78 is 2.65. The van der Waals surface area contributed by atoms with Crippen LogP contribution in [0.15, 0.2) is 25.6 Å². The van der Waals surface area contributed by atoms with E-state index in [1.165, 1.54) is 0 Å². The van der Waals surface area contributed by atoms with Crippen LogP contribution in [-0.2, 0) is 4.79 Å². The van der Waals surface area contributed by atoms with Gasteiger partial charge in [-0.05, 0) is 50.9 Å². The van der Waals surface area contributed by atoms with Crippen LogP contribution < -0.4 is 10.6 Å². The fourth-order valence-corrected chi connectivity index (χ4v) is 4.66. The Balaban J connectivity index is 1.98. The molecule has 0 unspecified atom stereocenters. The molecule has 110 valence electrons. The first kappa shape index (κ1) is 16.4. The van der Waals surface area contributed by atoms with Gasteiger partial charge in [-0.25, -0.2) is 0 Å². The van der Waals surface area contributed by atoms with Crippen LogP contribution in [0.1, 0.15) is 6.92 Å². The highest BCUT2D eigenvalue weighted by Gasteiger charge is 2.19. The molecule has 2 rings (SSSR count). The molecule has 2 N–H and O–H groups in total. The SMILES string of the molecule is C[C@@H]1CN(CC(=O)Nc2c(Br)cc(Br)cc2Br)CCN1. The third-order valence-electron chi connectivity index (χ3n) is 3.09. The van der Waals surface area contributed by atoms with E-state index in [0.29, 0.717) is 12.6 Å². The zero-order valence-corrected chi connectivity index (χ0v) is 15.8. The molecule has 1 amide bonds. The number of rotatable bonds is 3. The van der Waals surface area contributed by atoms with Gasteiger partial charge in [0, 0.05) is 39.1 Å². The van der Waals surface area contributed by atoms with Crippen LogP contribution in [0.25, 0.3) is 0 Å². The summed E-state index contributed by atoms with van der Waals surface area (Å²) in [7, 11) is 0. The van der Waals surface area contributed by atoms with Gasteiger partial charge in [-0.2, -0.15) is 0 Å². The predicted molar refractivity (Wildman–Crippen MR) is 92.1 cm³/mol. The number of anilines is 1. The maximum Gasteiger partial charge on any atom is 0.238 e. The standard InChI is InChI=1S/C13H16Br3N3O/c1-8-6-19(3-2-17-8)7-12(20)18-13-10(15)4-9(14)5-11(13)16/h4-5,8,17H,2-3,6-7H2,1H3,(H,18,20)/t8-/m1/s1. The van der Waals surface area contributed by atoms with Gasteiger partial charge in [0.2, 0.25) is 5.91 Å². The number of nitrogens with one attached hydrogen (secondary N) is 2. The van der Waals surface area contributed by atoms with Crippen LogP contribution in [0.3, 0.4) is 0 Å². The van der Waals surface area contributed by atoms with Gasteiger partial charge in [0.25, 0.3) is 0 Å². The Morgan fingerprint density at radius 3 is 2.65 bits per heavy atom. The van der Waals surface area contributed by atoms with Crippen molar-refractivity contribution in [3.05, 3.63) is 25.6 Å². The van der Waals surface area contributed by atoms with Gasteiger partial charge in [0.15, 0.2) is 0 Å². The third kappa shape index (κ3) is 4.53. The van der Waals surface area contributed by atoms with Gasteiger partial charge in [-0.15, -0.1) is 0 Å². The second-order valence-corrected chi connectivity index (χ2v) is 7.51. The molecule has 1 heterocycles. The molecule has 7 heteroatoms. The molecule has 20 heavy (non-hydrogen) atoms. The number of halogens is 3. The predicted octanol–water partition coefficient (Wildman–Crippen LogP) is 3.21. The van der Waals surface area contributed by atoms with E-state index in [4.69, 9.17) is 0 Å². The Morgan fingerprint density at radius 2 is 2.05 bits per heavy atom. The molecule has 1 saturated heterocycles. The van der Waals surface area contributed by atoms with Crippen molar-refractivity contribution in [1.29, 1.82) is 0 Å². The highest BCUT2D eigenvalue weighted by Crippen LogP contribution is 2.34. The number of benzene rings is 1. The van der Waals surface area contributed by atoms with E-state index in [1.807, 2.05) is 12.1 Å². The molecule has 0 radical (unpaired) electrons. The normalized spacial score (nSPS) is 19.9. The number of carbonyl (C=O) groups is 1.